The largest absolute Gasteiger partial charge is 0.308 e. The van der Waals surface area contributed by atoms with Gasteiger partial charge in [0.05, 0.1) is 4.90 Å². The SMILES string of the molecule is CC(C)(C)NCc1cccc(F)c1Sc1ccc(F)cc1. The minimum atomic E-state index is -0.289. The molecule has 0 unspecified atom stereocenters. The molecule has 0 fully saturated rings. The van der Waals surface area contributed by atoms with Gasteiger partial charge in [-0.05, 0) is 56.7 Å². The molecule has 2 aromatic carbocycles. The third kappa shape index (κ3) is 4.83. The molecule has 1 nitrogen and oxygen atoms in total. The first-order valence-electron chi connectivity index (χ1n) is 6.81. The number of benzene rings is 2. The maximum Gasteiger partial charge on any atom is 0.137 e. The first kappa shape index (κ1) is 16.0. The summed E-state index contributed by atoms with van der Waals surface area (Å²) in [5.74, 6) is -0.542. The molecule has 0 aromatic heterocycles. The van der Waals surface area contributed by atoms with Crippen molar-refractivity contribution in [3.63, 3.8) is 0 Å². The van der Waals surface area contributed by atoms with Crippen molar-refractivity contribution in [2.75, 3.05) is 0 Å². The lowest BCUT2D eigenvalue weighted by molar-refractivity contribution is 0.421. The zero-order chi connectivity index (χ0) is 15.5. The molecule has 4 heteroatoms. The summed E-state index contributed by atoms with van der Waals surface area (Å²) in [4.78, 5) is 1.40. The Kier molecular flexibility index (Phi) is 5.01. The van der Waals surface area contributed by atoms with E-state index in [-0.39, 0.29) is 17.2 Å². The zero-order valence-electron chi connectivity index (χ0n) is 12.4. The van der Waals surface area contributed by atoms with Gasteiger partial charge in [-0.2, -0.15) is 0 Å². The van der Waals surface area contributed by atoms with Crippen molar-refractivity contribution in [3.05, 3.63) is 59.7 Å². The number of nitrogens with one attached hydrogen (secondary N) is 1. The molecule has 21 heavy (non-hydrogen) atoms. The fourth-order valence-electron chi connectivity index (χ4n) is 1.79. The maximum absolute atomic E-state index is 14.1. The summed E-state index contributed by atoms with van der Waals surface area (Å²) in [6.45, 7) is 6.79. The van der Waals surface area contributed by atoms with Crippen molar-refractivity contribution < 1.29 is 8.78 Å². The molecule has 0 spiro atoms. The van der Waals surface area contributed by atoms with Crippen molar-refractivity contribution in [1.29, 1.82) is 0 Å². The Hall–Kier alpha value is -1.39. The molecule has 0 amide bonds. The molecule has 1 N–H and O–H groups in total. The van der Waals surface area contributed by atoms with E-state index < -0.39 is 0 Å². The highest BCUT2D eigenvalue weighted by atomic mass is 32.2. The quantitative estimate of drug-likeness (QED) is 0.852. The summed E-state index contributed by atoms with van der Waals surface area (Å²) in [7, 11) is 0. The molecule has 0 saturated heterocycles. The van der Waals surface area contributed by atoms with Crippen LogP contribution in [0.1, 0.15) is 26.3 Å². The molecule has 0 atom stereocenters. The fourth-order valence-corrected chi connectivity index (χ4v) is 2.73. The summed E-state index contributed by atoms with van der Waals surface area (Å²) in [6, 6.07) is 11.2. The first-order chi connectivity index (χ1) is 9.85. The van der Waals surface area contributed by atoms with Crippen LogP contribution in [0.5, 0.6) is 0 Å². The van der Waals surface area contributed by atoms with Crippen molar-refractivity contribution >= 4 is 11.8 Å². The van der Waals surface area contributed by atoms with Gasteiger partial charge in [0.25, 0.3) is 0 Å². The van der Waals surface area contributed by atoms with Crippen molar-refractivity contribution in [1.82, 2.24) is 5.32 Å². The molecule has 2 aromatic rings. The molecule has 0 bridgehead atoms. The third-order valence-corrected chi connectivity index (χ3v) is 4.06. The minimum absolute atomic E-state index is 0.0376. The van der Waals surface area contributed by atoms with Crippen molar-refractivity contribution in [3.8, 4) is 0 Å². The zero-order valence-corrected chi connectivity index (χ0v) is 13.2. The van der Waals surface area contributed by atoms with E-state index in [1.54, 1.807) is 18.2 Å². The average molecular weight is 307 g/mol. The van der Waals surface area contributed by atoms with Gasteiger partial charge in [0.15, 0.2) is 0 Å². The molecule has 0 aliphatic rings. The summed E-state index contributed by atoms with van der Waals surface area (Å²) in [6.07, 6.45) is 0. The first-order valence-corrected chi connectivity index (χ1v) is 7.63. The van der Waals surface area contributed by atoms with Crippen LogP contribution in [0.2, 0.25) is 0 Å². The van der Waals surface area contributed by atoms with Crippen molar-refractivity contribution in [2.45, 2.75) is 42.6 Å². The summed E-state index contributed by atoms with van der Waals surface area (Å²) in [5.41, 5.74) is 0.865. The second kappa shape index (κ2) is 6.58. The highest BCUT2D eigenvalue weighted by Gasteiger charge is 2.14. The highest BCUT2D eigenvalue weighted by molar-refractivity contribution is 7.99. The van der Waals surface area contributed by atoms with Crippen LogP contribution in [-0.2, 0) is 6.54 Å². The third-order valence-electron chi connectivity index (χ3n) is 2.89. The Labute approximate surface area is 128 Å². The Morgan fingerprint density at radius 2 is 1.67 bits per heavy atom. The van der Waals surface area contributed by atoms with Crippen LogP contribution in [0.4, 0.5) is 8.78 Å². The second-order valence-corrected chi connectivity index (χ2v) is 6.97. The predicted octanol–water partition coefficient (Wildman–Crippen LogP) is 5.00. The van der Waals surface area contributed by atoms with E-state index in [0.29, 0.717) is 11.4 Å². The minimum Gasteiger partial charge on any atom is -0.308 e. The normalized spacial score (nSPS) is 11.7. The maximum atomic E-state index is 14.1. The van der Waals surface area contributed by atoms with Crippen LogP contribution in [0.3, 0.4) is 0 Å². The lowest BCUT2D eigenvalue weighted by Crippen LogP contribution is -2.35. The fraction of sp³-hybridized carbons (Fsp3) is 0.294. The van der Waals surface area contributed by atoms with Crippen LogP contribution in [-0.4, -0.2) is 5.54 Å². The number of halogens is 2. The molecule has 0 radical (unpaired) electrons. The number of rotatable bonds is 4. The second-order valence-electron chi connectivity index (χ2n) is 5.89. The van der Waals surface area contributed by atoms with E-state index in [1.807, 2.05) is 6.07 Å². The van der Waals surface area contributed by atoms with Gasteiger partial charge in [-0.1, -0.05) is 23.9 Å². The van der Waals surface area contributed by atoms with E-state index in [4.69, 9.17) is 0 Å². The monoisotopic (exact) mass is 307 g/mol. The van der Waals surface area contributed by atoms with Gasteiger partial charge in [-0.3, -0.25) is 0 Å². The molecular weight excluding hydrogens is 288 g/mol. The Bertz CT molecular complexity index is 603. The van der Waals surface area contributed by atoms with Gasteiger partial charge >= 0.3 is 0 Å². The molecule has 0 aliphatic carbocycles. The highest BCUT2D eigenvalue weighted by Crippen LogP contribution is 2.33. The standard InChI is InChI=1S/C17H19F2NS/c1-17(2,3)20-11-12-5-4-6-15(19)16(12)21-14-9-7-13(18)8-10-14/h4-10,20H,11H2,1-3H3. The molecule has 112 valence electrons. The topological polar surface area (TPSA) is 12.0 Å². The molecule has 0 aliphatic heterocycles. The summed E-state index contributed by atoms with van der Waals surface area (Å²) < 4.78 is 27.1. The molecular formula is C17H19F2NS. The lowest BCUT2D eigenvalue weighted by atomic mass is 10.1. The molecule has 0 saturated carbocycles. The number of hydrogen-bond acceptors (Lipinski definition) is 2. The lowest BCUT2D eigenvalue weighted by Gasteiger charge is -2.21. The Morgan fingerprint density at radius 1 is 1.00 bits per heavy atom. The Morgan fingerprint density at radius 3 is 2.29 bits per heavy atom. The molecule has 0 heterocycles. The van der Waals surface area contributed by atoms with Crippen LogP contribution >= 0.6 is 11.8 Å². The van der Waals surface area contributed by atoms with Crippen molar-refractivity contribution in [2.24, 2.45) is 0 Å². The average Bonchev–Trinajstić information content (AvgIpc) is 2.41. The van der Waals surface area contributed by atoms with Crippen LogP contribution in [0, 0.1) is 11.6 Å². The van der Waals surface area contributed by atoms with E-state index in [9.17, 15) is 8.78 Å². The predicted molar refractivity (Wildman–Crippen MR) is 83.5 cm³/mol. The van der Waals surface area contributed by atoms with Gasteiger partial charge in [0.1, 0.15) is 11.6 Å². The van der Waals surface area contributed by atoms with Gasteiger partial charge in [-0.15, -0.1) is 0 Å². The van der Waals surface area contributed by atoms with E-state index >= 15 is 0 Å². The van der Waals surface area contributed by atoms with Gasteiger partial charge < -0.3 is 5.32 Å². The van der Waals surface area contributed by atoms with Gasteiger partial charge in [0.2, 0.25) is 0 Å². The van der Waals surface area contributed by atoms with Crippen LogP contribution < -0.4 is 5.32 Å². The van der Waals surface area contributed by atoms with Gasteiger partial charge in [-0.25, -0.2) is 8.78 Å². The van der Waals surface area contributed by atoms with E-state index in [0.717, 1.165) is 10.5 Å². The Balaban J connectivity index is 2.23. The van der Waals surface area contributed by atoms with E-state index in [1.165, 1.54) is 30.0 Å². The smallest absolute Gasteiger partial charge is 0.137 e. The van der Waals surface area contributed by atoms with E-state index in [2.05, 4.69) is 26.1 Å². The number of hydrogen-bond donors (Lipinski definition) is 1. The van der Waals surface area contributed by atoms with Gasteiger partial charge in [0, 0.05) is 17.0 Å². The molecule has 2 rings (SSSR count). The summed E-state index contributed by atoms with van der Waals surface area (Å²) >= 11 is 1.32. The van der Waals surface area contributed by atoms with Crippen LogP contribution in [0.15, 0.2) is 52.3 Å². The van der Waals surface area contributed by atoms with Crippen LogP contribution in [0.25, 0.3) is 0 Å². The summed E-state index contributed by atoms with van der Waals surface area (Å²) in [5, 5.41) is 3.36.